The quantitative estimate of drug-likeness (QED) is 0.207. The number of benzene rings is 2. The molecular formula is C38H40F4N6O4. The van der Waals surface area contributed by atoms with Gasteiger partial charge in [-0.15, -0.1) is 0 Å². The highest BCUT2D eigenvalue weighted by Gasteiger charge is 2.77. The van der Waals surface area contributed by atoms with E-state index in [-0.39, 0.29) is 47.2 Å². The maximum Gasteiger partial charge on any atom is 0.412 e. The van der Waals surface area contributed by atoms with Crippen molar-refractivity contribution in [3.8, 4) is 23.0 Å². The normalized spacial score (nSPS) is 27.7. The second kappa shape index (κ2) is 11.9. The molecule has 1 saturated carbocycles. The first-order valence-electron chi connectivity index (χ1n) is 18.1. The Labute approximate surface area is 297 Å². The number of anilines is 1. The van der Waals surface area contributed by atoms with Crippen LogP contribution in [0.1, 0.15) is 57.4 Å². The number of piperidine rings is 1. The zero-order valence-corrected chi connectivity index (χ0v) is 29.2. The van der Waals surface area contributed by atoms with Crippen LogP contribution in [0.25, 0.3) is 32.9 Å². The van der Waals surface area contributed by atoms with Crippen LogP contribution < -0.4 is 19.7 Å². The Balaban J connectivity index is 1.17. The van der Waals surface area contributed by atoms with Crippen LogP contribution in [-0.2, 0) is 11.2 Å². The van der Waals surface area contributed by atoms with Gasteiger partial charge in [-0.3, -0.25) is 9.88 Å². The van der Waals surface area contributed by atoms with Gasteiger partial charge in [-0.25, -0.2) is 22.4 Å². The van der Waals surface area contributed by atoms with E-state index >= 15 is 8.78 Å². The van der Waals surface area contributed by atoms with Crippen LogP contribution in [0.4, 0.5) is 28.2 Å². The number of halogens is 4. The number of amides is 1. The summed E-state index contributed by atoms with van der Waals surface area (Å²) < 4.78 is 79.4. The van der Waals surface area contributed by atoms with Crippen molar-refractivity contribution >= 4 is 33.6 Å². The van der Waals surface area contributed by atoms with Gasteiger partial charge in [0.1, 0.15) is 35.2 Å². The van der Waals surface area contributed by atoms with Crippen molar-refractivity contribution in [2.24, 2.45) is 5.41 Å². The molecule has 9 rings (SSSR count). The SMILES string of the molecule is CCc1c(F)ccc2cc(OC(=O)NC)cc(-c3ncc4c(N5CCCC6(CCO6)C5)nc(OC[C@@]56CCCN5C[C@@]5(CC5(F)F)C6)nc4c3F)c12. The first kappa shape index (κ1) is 33.5. The number of carbonyl (C=O) groups is 1. The van der Waals surface area contributed by atoms with Gasteiger partial charge in [-0.05, 0) is 79.6 Å². The molecule has 274 valence electrons. The second-order valence-corrected chi connectivity index (χ2v) is 15.3. The van der Waals surface area contributed by atoms with Crippen molar-refractivity contribution in [3.63, 3.8) is 0 Å². The molecule has 3 atom stereocenters. The molecule has 1 aliphatic carbocycles. The molecule has 0 bridgehead atoms. The fraction of sp³-hybridized carbons (Fsp3) is 0.526. The van der Waals surface area contributed by atoms with Gasteiger partial charge in [0, 0.05) is 51.3 Å². The number of hydrogen-bond donors (Lipinski definition) is 1. The summed E-state index contributed by atoms with van der Waals surface area (Å²) in [6.07, 6.45) is 5.61. The monoisotopic (exact) mass is 720 g/mol. The van der Waals surface area contributed by atoms with Gasteiger partial charge in [-0.1, -0.05) is 13.0 Å². The summed E-state index contributed by atoms with van der Waals surface area (Å²) in [6.45, 7) is 4.86. The minimum Gasteiger partial charge on any atom is -0.461 e. The van der Waals surface area contributed by atoms with Crippen LogP contribution in [-0.4, -0.2) is 89.4 Å². The zero-order chi connectivity index (χ0) is 36.0. The van der Waals surface area contributed by atoms with E-state index < -0.39 is 34.6 Å². The third-order valence-electron chi connectivity index (χ3n) is 12.2. The zero-order valence-electron chi connectivity index (χ0n) is 29.2. The lowest BCUT2D eigenvalue weighted by atomic mass is 9.86. The molecule has 6 heterocycles. The van der Waals surface area contributed by atoms with Gasteiger partial charge in [0.25, 0.3) is 5.92 Å². The number of hydrogen-bond acceptors (Lipinski definition) is 9. The van der Waals surface area contributed by atoms with Crippen molar-refractivity contribution in [3.05, 3.63) is 47.7 Å². The number of ether oxygens (including phenoxy) is 3. The minimum absolute atomic E-state index is 0.0447. The smallest absolute Gasteiger partial charge is 0.412 e. The van der Waals surface area contributed by atoms with Crippen LogP contribution in [0.5, 0.6) is 11.8 Å². The number of aryl methyl sites for hydroxylation is 1. The van der Waals surface area contributed by atoms with Crippen LogP contribution in [0, 0.1) is 17.0 Å². The van der Waals surface area contributed by atoms with Crippen molar-refractivity contribution in [1.82, 2.24) is 25.2 Å². The standard InChI is InChI=1S/C38H40F4N6O4/c1-3-24-27(39)7-6-22-14-23(52-34(49)43-2)15-25(28(22)24)30-29(40)31-26(16-44-30)32(47-11-5-9-37(20-47)10-13-51-37)46-33(45-31)50-21-36-8-4-12-48(36)19-35(17-36)18-38(35,41)42/h6-7,14-16H,3-5,8-13,17-21H2,1-2H3,(H,43,49)/t35-,36-,37?/m0/s1. The number of pyridine rings is 1. The molecule has 1 N–H and O–H groups in total. The maximum absolute atomic E-state index is 17.2. The highest BCUT2D eigenvalue weighted by atomic mass is 19.3. The Morgan fingerprint density at radius 1 is 1.06 bits per heavy atom. The Bertz CT molecular complexity index is 2130. The Hall–Kier alpha value is -4.30. The lowest BCUT2D eigenvalue weighted by Gasteiger charge is -2.48. The van der Waals surface area contributed by atoms with E-state index in [1.54, 1.807) is 12.1 Å². The number of rotatable bonds is 7. The van der Waals surface area contributed by atoms with Crippen molar-refractivity contribution in [2.75, 3.05) is 51.3 Å². The van der Waals surface area contributed by atoms with Gasteiger partial charge in [0.05, 0.1) is 28.5 Å². The molecule has 1 unspecified atom stereocenters. The van der Waals surface area contributed by atoms with E-state index in [0.717, 1.165) is 38.6 Å². The number of alkyl halides is 2. The summed E-state index contributed by atoms with van der Waals surface area (Å²) >= 11 is 0. The number of carbonyl (C=O) groups excluding carboxylic acids is 1. The lowest BCUT2D eigenvalue weighted by Crippen LogP contribution is -2.56. The summed E-state index contributed by atoms with van der Waals surface area (Å²) in [5, 5.41) is 3.76. The Morgan fingerprint density at radius 2 is 1.87 bits per heavy atom. The minimum atomic E-state index is -2.68. The number of fused-ring (bicyclic) bond motifs is 3. The summed E-state index contributed by atoms with van der Waals surface area (Å²) in [7, 11) is 1.42. The Morgan fingerprint density at radius 3 is 2.60 bits per heavy atom. The van der Waals surface area contributed by atoms with Crippen LogP contribution >= 0.6 is 0 Å². The van der Waals surface area contributed by atoms with E-state index in [2.05, 4.69) is 25.1 Å². The molecule has 4 aliphatic heterocycles. The molecule has 0 radical (unpaired) electrons. The molecule has 2 spiro atoms. The molecule has 5 fully saturated rings. The highest BCUT2D eigenvalue weighted by Crippen LogP contribution is 2.69. The number of aromatic nitrogens is 3. The van der Waals surface area contributed by atoms with Crippen LogP contribution in [0.15, 0.2) is 30.5 Å². The second-order valence-electron chi connectivity index (χ2n) is 15.3. The third kappa shape index (κ3) is 5.19. The molecule has 10 nitrogen and oxygen atoms in total. The van der Waals surface area contributed by atoms with Crippen molar-refractivity contribution in [1.29, 1.82) is 0 Å². The van der Waals surface area contributed by atoms with Gasteiger partial charge in [0.2, 0.25) is 0 Å². The third-order valence-corrected chi connectivity index (χ3v) is 12.2. The summed E-state index contributed by atoms with van der Waals surface area (Å²) in [4.78, 5) is 30.5. The van der Waals surface area contributed by atoms with Gasteiger partial charge in [-0.2, -0.15) is 9.97 Å². The van der Waals surface area contributed by atoms with Gasteiger partial charge < -0.3 is 24.4 Å². The molecule has 1 amide bonds. The Kier molecular flexibility index (Phi) is 7.64. The molecule has 4 aromatic rings. The summed E-state index contributed by atoms with van der Waals surface area (Å²) in [5.74, 6) is -3.33. The van der Waals surface area contributed by atoms with Crippen molar-refractivity contribution < 1.29 is 36.6 Å². The first-order chi connectivity index (χ1) is 25.0. The lowest BCUT2D eigenvalue weighted by molar-refractivity contribution is -0.151. The average Bonchev–Trinajstić information content (AvgIpc) is 3.33. The van der Waals surface area contributed by atoms with Gasteiger partial charge in [0.15, 0.2) is 5.82 Å². The number of nitrogens with one attached hydrogen (secondary N) is 1. The molecule has 14 heteroatoms. The molecule has 2 aromatic heterocycles. The number of nitrogens with zero attached hydrogens (tertiary/aromatic N) is 5. The predicted octanol–water partition coefficient (Wildman–Crippen LogP) is 6.81. The largest absolute Gasteiger partial charge is 0.461 e. The molecule has 52 heavy (non-hydrogen) atoms. The predicted molar refractivity (Wildman–Crippen MR) is 185 cm³/mol. The van der Waals surface area contributed by atoms with E-state index in [9.17, 15) is 13.6 Å². The topological polar surface area (TPSA) is 102 Å². The van der Waals surface area contributed by atoms with Crippen LogP contribution in [0.3, 0.4) is 0 Å². The molecule has 2 aromatic carbocycles. The fourth-order valence-electron chi connectivity index (χ4n) is 9.39. The van der Waals surface area contributed by atoms with E-state index in [4.69, 9.17) is 19.2 Å². The van der Waals surface area contributed by atoms with Crippen molar-refractivity contribution in [2.45, 2.75) is 75.4 Å². The summed E-state index contributed by atoms with van der Waals surface area (Å²) in [5.41, 5.74) is -1.44. The molecular weight excluding hydrogens is 680 g/mol. The molecule has 4 saturated heterocycles. The highest BCUT2D eigenvalue weighted by molar-refractivity contribution is 6.02. The van der Waals surface area contributed by atoms with E-state index in [1.807, 2.05) is 6.92 Å². The van der Waals surface area contributed by atoms with Crippen LogP contribution in [0.2, 0.25) is 0 Å². The fourth-order valence-corrected chi connectivity index (χ4v) is 9.39. The van der Waals surface area contributed by atoms with E-state index in [1.165, 1.54) is 25.4 Å². The average molecular weight is 721 g/mol. The van der Waals surface area contributed by atoms with E-state index in [0.29, 0.717) is 66.6 Å². The summed E-state index contributed by atoms with van der Waals surface area (Å²) in [6, 6.07) is 5.91. The van der Waals surface area contributed by atoms with Gasteiger partial charge >= 0.3 is 12.1 Å². The maximum atomic E-state index is 17.2. The molecule has 5 aliphatic rings. The first-order valence-corrected chi connectivity index (χ1v) is 18.1.